The van der Waals surface area contributed by atoms with Gasteiger partial charge in [0.25, 0.3) is 0 Å². The average Bonchev–Trinajstić information content (AvgIpc) is 2.20. The van der Waals surface area contributed by atoms with Gasteiger partial charge < -0.3 is 9.84 Å². The zero-order chi connectivity index (χ0) is 11.4. The smallest absolute Gasteiger partial charge is 0.235 e. The van der Waals surface area contributed by atoms with Gasteiger partial charge in [-0.2, -0.15) is 0 Å². The molecule has 15 heavy (non-hydrogen) atoms. The molecule has 0 saturated carbocycles. The number of hydrogen-bond acceptors (Lipinski definition) is 4. The summed E-state index contributed by atoms with van der Waals surface area (Å²) in [5, 5.41) is 19.6. The summed E-state index contributed by atoms with van der Waals surface area (Å²) in [6.07, 6.45) is 1.94. The molecule has 0 aliphatic heterocycles. The summed E-state index contributed by atoms with van der Waals surface area (Å²) >= 11 is 5.76. The fraction of sp³-hybridized carbons (Fsp3) is 0.111. The van der Waals surface area contributed by atoms with E-state index in [0.29, 0.717) is 5.56 Å². The molecule has 0 aromatic heterocycles. The summed E-state index contributed by atoms with van der Waals surface area (Å²) in [5.41, 5.74) is 0.353. The monoisotopic (exact) mass is 229 g/mol. The van der Waals surface area contributed by atoms with Gasteiger partial charge in [0.1, 0.15) is 0 Å². The van der Waals surface area contributed by atoms with Crippen LogP contribution in [0.2, 0.25) is 5.02 Å². The van der Waals surface area contributed by atoms with E-state index in [1.165, 1.54) is 25.3 Å². The van der Waals surface area contributed by atoms with Crippen LogP contribution < -0.4 is 4.74 Å². The van der Waals surface area contributed by atoms with E-state index in [2.05, 4.69) is 0 Å². The van der Waals surface area contributed by atoms with Crippen molar-refractivity contribution in [1.82, 2.24) is 0 Å². The highest BCUT2D eigenvalue weighted by atomic mass is 35.5. The molecule has 1 aromatic rings. The number of rotatable bonds is 3. The maximum atomic E-state index is 10.1. The highest BCUT2D eigenvalue weighted by molar-refractivity contribution is 6.33. The van der Waals surface area contributed by atoms with Crippen molar-refractivity contribution in [3.63, 3.8) is 0 Å². The number of nitro groups is 1. The minimum absolute atomic E-state index is 0.0208. The highest BCUT2D eigenvalue weighted by Gasteiger charge is 2.09. The molecule has 0 saturated heterocycles. The van der Waals surface area contributed by atoms with E-state index in [1.807, 2.05) is 0 Å². The number of aromatic hydroxyl groups is 1. The normalized spacial score (nSPS) is 10.5. The molecule has 80 valence electrons. The molecule has 0 bridgehead atoms. The van der Waals surface area contributed by atoms with Crippen LogP contribution >= 0.6 is 11.6 Å². The molecule has 1 N–H and O–H groups in total. The summed E-state index contributed by atoms with van der Waals surface area (Å²) in [6.45, 7) is 0. The maximum Gasteiger partial charge on any atom is 0.235 e. The zero-order valence-electron chi connectivity index (χ0n) is 7.81. The van der Waals surface area contributed by atoms with E-state index in [0.717, 1.165) is 6.20 Å². The molecule has 0 aliphatic carbocycles. The van der Waals surface area contributed by atoms with Gasteiger partial charge in [-0.1, -0.05) is 11.6 Å². The van der Waals surface area contributed by atoms with Crippen molar-refractivity contribution in [2.75, 3.05) is 7.11 Å². The van der Waals surface area contributed by atoms with E-state index >= 15 is 0 Å². The molecule has 0 unspecified atom stereocenters. The molecule has 6 heteroatoms. The largest absolute Gasteiger partial charge is 0.503 e. The molecule has 5 nitrogen and oxygen atoms in total. The lowest BCUT2D eigenvalue weighted by atomic mass is 10.2. The summed E-state index contributed by atoms with van der Waals surface area (Å²) in [4.78, 5) is 9.47. The van der Waals surface area contributed by atoms with Gasteiger partial charge in [0.15, 0.2) is 11.5 Å². The third-order valence-corrected chi connectivity index (χ3v) is 2.10. The SMILES string of the molecule is COc1ccc(/C=C/[N+](=O)[O-])c(Cl)c1O. The third-order valence-electron chi connectivity index (χ3n) is 1.70. The second-order valence-corrected chi connectivity index (χ2v) is 3.00. The Balaban J connectivity index is 3.12. The summed E-state index contributed by atoms with van der Waals surface area (Å²) in [6, 6.07) is 2.99. The Morgan fingerprint density at radius 2 is 2.27 bits per heavy atom. The van der Waals surface area contributed by atoms with Gasteiger partial charge in [-0.05, 0) is 12.1 Å². The quantitative estimate of drug-likeness (QED) is 0.638. The first-order valence-corrected chi connectivity index (χ1v) is 4.31. The molecular weight excluding hydrogens is 222 g/mol. The van der Waals surface area contributed by atoms with Crippen molar-refractivity contribution in [2.24, 2.45) is 0 Å². The zero-order valence-corrected chi connectivity index (χ0v) is 8.56. The number of nitrogens with zero attached hydrogens (tertiary/aromatic N) is 1. The van der Waals surface area contributed by atoms with Crippen LogP contribution in [0, 0.1) is 10.1 Å². The van der Waals surface area contributed by atoms with Crippen LogP contribution in [-0.4, -0.2) is 17.1 Å². The van der Waals surface area contributed by atoms with Crippen molar-refractivity contribution < 1.29 is 14.8 Å². The summed E-state index contributed by atoms with van der Waals surface area (Å²) < 4.78 is 4.81. The molecule has 1 aromatic carbocycles. The van der Waals surface area contributed by atoms with E-state index < -0.39 is 4.92 Å². The second-order valence-electron chi connectivity index (χ2n) is 2.62. The standard InChI is InChI=1S/C9H8ClNO4/c1-15-7-3-2-6(4-5-11(13)14)8(10)9(7)12/h2-5,12H,1H3/b5-4+. The van der Waals surface area contributed by atoms with Crippen LogP contribution in [-0.2, 0) is 0 Å². The van der Waals surface area contributed by atoms with Gasteiger partial charge in [-0.15, -0.1) is 0 Å². The first-order chi connectivity index (χ1) is 7.06. The van der Waals surface area contributed by atoms with E-state index in [1.54, 1.807) is 0 Å². The summed E-state index contributed by atoms with van der Waals surface area (Å²) in [5.74, 6) is -0.0112. The van der Waals surface area contributed by atoms with Crippen LogP contribution in [0.5, 0.6) is 11.5 Å². The molecule has 1 rings (SSSR count). The Labute approximate surface area is 90.7 Å². The van der Waals surface area contributed by atoms with Gasteiger partial charge in [-0.25, -0.2) is 0 Å². The Morgan fingerprint density at radius 1 is 1.60 bits per heavy atom. The lowest BCUT2D eigenvalue weighted by molar-refractivity contribution is -0.400. The van der Waals surface area contributed by atoms with Crippen LogP contribution in [0.1, 0.15) is 5.56 Å². The van der Waals surface area contributed by atoms with Gasteiger partial charge in [0, 0.05) is 11.6 Å². The van der Waals surface area contributed by atoms with E-state index in [4.69, 9.17) is 16.3 Å². The lowest BCUT2D eigenvalue weighted by Gasteiger charge is -2.06. The van der Waals surface area contributed by atoms with E-state index in [9.17, 15) is 15.2 Å². The van der Waals surface area contributed by atoms with Gasteiger partial charge in [0.2, 0.25) is 6.20 Å². The Morgan fingerprint density at radius 3 is 2.80 bits per heavy atom. The molecule has 0 fully saturated rings. The van der Waals surface area contributed by atoms with Gasteiger partial charge in [-0.3, -0.25) is 10.1 Å². The van der Waals surface area contributed by atoms with Crippen molar-refractivity contribution in [2.45, 2.75) is 0 Å². The van der Waals surface area contributed by atoms with Crippen LogP contribution in [0.15, 0.2) is 18.3 Å². The Bertz CT molecular complexity index is 417. The number of phenols is 1. The fourth-order valence-corrected chi connectivity index (χ4v) is 1.22. The number of benzene rings is 1. The molecule has 0 amide bonds. The minimum atomic E-state index is -0.613. The van der Waals surface area contributed by atoms with Crippen molar-refractivity contribution in [3.8, 4) is 11.5 Å². The van der Waals surface area contributed by atoms with Gasteiger partial charge >= 0.3 is 0 Å². The predicted molar refractivity (Wildman–Crippen MR) is 55.7 cm³/mol. The first-order valence-electron chi connectivity index (χ1n) is 3.93. The number of methoxy groups -OCH3 is 1. The number of halogens is 1. The molecule has 0 radical (unpaired) electrons. The molecular formula is C9H8ClNO4. The van der Waals surface area contributed by atoms with Crippen LogP contribution in [0.3, 0.4) is 0 Å². The Kier molecular flexibility index (Phi) is 3.51. The fourth-order valence-electron chi connectivity index (χ4n) is 0.997. The van der Waals surface area contributed by atoms with E-state index in [-0.39, 0.29) is 16.5 Å². The topological polar surface area (TPSA) is 72.6 Å². The minimum Gasteiger partial charge on any atom is -0.503 e. The lowest BCUT2D eigenvalue weighted by Crippen LogP contribution is -1.87. The van der Waals surface area contributed by atoms with Crippen LogP contribution in [0.4, 0.5) is 0 Å². The highest BCUT2D eigenvalue weighted by Crippen LogP contribution is 2.36. The predicted octanol–water partition coefficient (Wildman–Crippen LogP) is 2.30. The second kappa shape index (κ2) is 4.65. The maximum absolute atomic E-state index is 10.1. The number of phenolic OH excluding ortho intramolecular Hbond substituents is 1. The molecule has 0 aliphatic rings. The van der Waals surface area contributed by atoms with Crippen molar-refractivity contribution >= 4 is 17.7 Å². The summed E-state index contributed by atoms with van der Waals surface area (Å²) in [7, 11) is 1.39. The number of ether oxygens (including phenoxy) is 1. The van der Waals surface area contributed by atoms with Crippen LogP contribution in [0.25, 0.3) is 6.08 Å². The molecule has 0 spiro atoms. The third kappa shape index (κ3) is 2.60. The molecule has 0 atom stereocenters. The Hall–Kier alpha value is -1.75. The van der Waals surface area contributed by atoms with Crippen molar-refractivity contribution in [3.05, 3.63) is 39.0 Å². The first kappa shape index (κ1) is 11.3. The van der Waals surface area contributed by atoms with Crippen molar-refractivity contribution in [1.29, 1.82) is 0 Å². The average molecular weight is 230 g/mol. The van der Waals surface area contributed by atoms with Gasteiger partial charge in [0.05, 0.1) is 17.1 Å². The molecule has 0 heterocycles. The number of hydrogen-bond donors (Lipinski definition) is 1.